The van der Waals surface area contributed by atoms with Crippen LogP contribution < -0.4 is 11.1 Å². The Labute approximate surface area is 108 Å². The first-order valence-corrected chi connectivity index (χ1v) is 6.74. The van der Waals surface area contributed by atoms with Crippen LogP contribution in [0.1, 0.15) is 39.0 Å². The quantitative estimate of drug-likeness (QED) is 0.633. The zero-order valence-corrected chi connectivity index (χ0v) is 11.0. The first-order valence-electron chi connectivity index (χ1n) is 6.74. The Bertz CT molecular complexity index is 294. The van der Waals surface area contributed by atoms with Crippen LogP contribution in [0, 0.1) is 17.8 Å². The Balaban J connectivity index is 2.23. The van der Waals surface area contributed by atoms with Crippen molar-refractivity contribution in [1.29, 1.82) is 0 Å². The fourth-order valence-corrected chi connectivity index (χ4v) is 2.43. The minimum absolute atomic E-state index is 0.00587. The smallest absolute Gasteiger partial charge is 0.306 e. The second-order valence-corrected chi connectivity index (χ2v) is 5.32. The Morgan fingerprint density at radius 3 is 2.78 bits per heavy atom. The fraction of sp³-hybridized carbons (Fsp3) is 0.846. The number of hydrogen-bond acceptors (Lipinski definition) is 3. The number of aliphatic carboxylic acids is 1. The molecule has 1 rings (SSSR count). The standard InChI is InChI=1S/C13H24N2O3/c1-9(7-14)5-6-12(16)15-8-10-3-2-4-11(10)13(17)18/h9-11H,2-8,14H2,1H3,(H,15,16)(H,17,18). The van der Waals surface area contributed by atoms with E-state index in [0.717, 1.165) is 25.7 Å². The summed E-state index contributed by atoms with van der Waals surface area (Å²) in [5, 5.41) is 11.9. The van der Waals surface area contributed by atoms with Crippen molar-refractivity contribution in [3.05, 3.63) is 0 Å². The largest absolute Gasteiger partial charge is 0.481 e. The lowest BCUT2D eigenvalue weighted by Gasteiger charge is -2.16. The first-order chi connectivity index (χ1) is 8.54. The Hall–Kier alpha value is -1.10. The molecule has 0 aromatic carbocycles. The van der Waals surface area contributed by atoms with E-state index in [1.165, 1.54) is 0 Å². The van der Waals surface area contributed by atoms with E-state index in [-0.39, 0.29) is 17.7 Å². The van der Waals surface area contributed by atoms with Gasteiger partial charge in [-0.25, -0.2) is 0 Å². The van der Waals surface area contributed by atoms with Crippen LogP contribution in [0.3, 0.4) is 0 Å². The summed E-state index contributed by atoms with van der Waals surface area (Å²) in [6.45, 7) is 3.11. The van der Waals surface area contributed by atoms with Crippen LogP contribution in [0.25, 0.3) is 0 Å². The van der Waals surface area contributed by atoms with E-state index in [1.807, 2.05) is 6.92 Å². The Kier molecular flexibility index (Phi) is 6.12. The zero-order valence-electron chi connectivity index (χ0n) is 11.0. The fourth-order valence-electron chi connectivity index (χ4n) is 2.43. The van der Waals surface area contributed by atoms with Gasteiger partial charge in [-0.15, -0.1) is 0 Å². The van der Waals surface area contributed by atoms with Gasteiger partial charge in [0.25, 0.3) is 0 Å². The molecule has 0 heterocycles. The minimum Gasteiger partial charge on any atom is -0.481 e. The van der Waals surface area contributed by atoms with Crippen molar-refractivity contribution in [2.75, 3.05) is 13.1 Å². The van der Waals surface area contributed by atoms with Gasteiger partial charge < -0.3 is 16.2 Å². The summed E-state index contributed by atoms with van der Waals surface area (Å²) in [5.41, 5.74) is 5.49. The number of nitrogens with two attached hydrogens (primary N) is 1. The molecule has 0 aliphatic heterocycles. The highest BCUT2D eigenvalue weighted by Gasteiger charge is 2.32. The van der Waals surface area contributed by atoms with Crippen LogP contribution >= 0.6 is 0 Å². The van der Waals surface area contributed by atoms with Gasteiger partial charge in [-0.3, -0.25) is 9.59 Å². The molecule has 1 aliphatic rings. The average Bonchev–Trinajstić information content (AvgIpc) is 2.81. The molecule has 4 N–H and O–H groups in total. The Morgan fingerprint density at radius 1 is 1.44 bits per heavy atom. The number of rotatable bonds is 7. The maximum absolute atomic E-state index is 11.6. The van der Waals surface area contributed by atoms with E-state index >= 15 is 0 Å². The predicted molar refractivity (Wildman–Crippen MR) is 68.9 cm³/mol. The van der Waals surface area contributed by atoms with Crippen LogP contribution in [0.15, 0.2) is 0 Å². The Morgan fingerprint density at radius 2 is 2.17 bits per heavy atom. The summed E-state index contributed by atoms with van der Waals surface area (Å²) >= 11 is 0. The lowest BCUT2D eigenvalue weighted by atomic mass is 9.96. The van der Waals surface area contributed by atoms with E-state index in [2.05, 4.69) is 5.32 Å². The van der Waals surface area contributed by atoms with Crippen LogP contribution in [-0.4, -0.2) is 30.1 Å². The van der Waals surface area contributed by atoms with Gasteiger partial charge in [-0.2, -0.15) is 0 Å². The molecule has 3 unspecified atom stereocenters. The van der Waals surface area contributed by atoms with Gasteiger partial charge in [0.05, 0.1) is 5.92 Å². The highest BCUT2D eigenvalue weighted by Crippen LogP contribution is 2.31. The normalized spacial score (nSPS) is 24.8. The third-order valence-electron chi connectivity index (χ3n) is 3.80. The molecule has 1 amide bonds. The van der Waals surface area contributed by atoms with Gasteiger partial charge in [-0.05, 0) is 37.6 Å². The molecular formula is C13H24N2O3. The molecule has 5 heteroatoms. The molecule has 1 saturated carbocycles. The maximum atomic E-state index is 11.6. The van der Waals surface area contributed by atoms with E-state index < -0.39 is 5.97 Å². The summed E-state index contributed by atoms with van der Waals surface area (Å²) in [6, 6.07) is 0. The molecule has 0 spiro atoms. The molecule has 1 aliphatic carbocycles. The van der Waals surface area contributed by atoms with Crippen molar-refractivity contribution in [3.8, 4) is 0 Å². The number of amides is 1. The number of nitrogens with one attached hydrogen (secondary N) is 1. The summed E-state index contributed by atoms with van der Waals surface area (Å²) < 4.78 is 0. The topological polar surface area (TPSA) is 92.4 Å². The van der Waals surface area contributed by atoms with Crippen molar-refractivity contribution in [1.82, 2.24) is 5.32 Å². The van der Waals surface area contributed by atoms with Crippen molar-refractivity contribution in [2.45, 2.75) is 39.0 Å². The molecule has 0 aromatic rings. The molecular weight excluding hydrogens is 232 g/mol. The second kappa shape index (κ2) is 7.36. The molecule has 5 nitrogen and oxygen atoms in total. The van der Waals surface area contributed by atoms with Crippen LogP contribution in [0.4, 0.5) is 0 Å². The first kappa shape index (κ1) is 15.0. The minimum atomic E-state index is -0.733. The molecule has 104 valence electrons. The zero-order chi connectivity index (χ0) is 13.5. The van der Waals surface area contributed by atoms with Crippen molar-refractivity contribution < 1.29 is 14.7 Å². The van der Waals surface area contributed by atoms with E-state index in [9.17, 15) is 9.59 Å². The number of carbonyl (C=O) groups is 2. The third kappa shape index (κ3) is 4.64. The summed E-state index contributed by atoms with van der Waals surface area (Å²) in [4.78, 5) is 22.6. The van der Waals surface area contributed by atoms with Crippen LogP contribution in [-0.2, 0) is 9.59 Å². The van der Waals surface area contributed by atoms with Crippen molar-refractivity contribution >= 4 is 11.9 Å². The number of hydrogen-bond donors (Lipinski definition) is 3. The summed E-state index contributed by atoms with van der Waals surface area (Å²) in [6.07, 6.45) is 3.84. The third-order valence-corrected chi connectivity index (χ3v) is 3.80. The van der Waals surface area contributed by atoms with Gasteiger partial charge in [0, 0.05) is 13.0 Å². The molecule has 0 bridgehead atoms. The van der Waals surface area contributed by atoms with E-state index in [0.29, 0.717) is 25.4 Å². The van der Waals surface area contributed by atoms with Gasteiger partial charge in [0.2, 0.25) is 5.91 Å². The molecule has 1 fully saturated rings. The maximum Gasteiger partial charge on any atom is 0.306 e. The molecule has 3 atom stereocenters. The van der Waals surface area contributed by atoms with Gasteiger partial charge in [0.1, 0.15) is 0 Å². The monoisotopic (exact) mass is 256 g/mol. The average molecular weight is 256 g/mol. The molecule has 0 saturated heterocycles. The van der Waals surface area contributed by atoms with Gasteiger partial charge in [0.15, 0.2) is 0 Å². The highest BCUT2D eigenvalue weighted by atomic mass is 16.4. The molecule has 18 heavy (non-hydrogen) atoms. The summed E-state index contributed by atoms with van der Waals surface area (Å²) in [5.74, 6) is -0.560. The summed E-state index contributed by atoms with van der Waals surface area (Å²) in [7, 11) is 0. The number of carbonyl (C=O) groups excluding carboxylic acids is 1. The van der Waals surface area contributed by atoms with Gasteiger partial charge >= 0.3 is 5.97 Å². The van der Waals surface area contributed by atoms with Crippen LogP contribution in [0.2, 0.25) is 0 Å². The van der Waals surface area contributed by atoms with Crippen molar-refractivity contribution in [3.63, 3.8) is 0 Å². The lowest BCUT2D eigenvalue weighted by molar-refractivity contribution is -0.143. The second-order valence-electron chi connectivity index (χ2n) is 5.32. The number of carboxylic acids is 1. The predicted octanol–water partition coefficient (Wildman–Crippen LogP) is 0.979. The van der Waals surface area contributed by atoms with Crippen LogP contribution in [0.5, 0.6) is 0 Å². The SMILES string of the molecule is CC(CN)CCC(=O)NCC1CCCC1C(=O)O. The van der Waals surface area contributed by atoms with Gasteiger partial charge in [-0.1, -0.05) is 13.3 Å². The number of carboxylic acid groups (broad SMARTS) is 1. The van der Waals surface area contributed by atoms with E-state index in [1.54, 1.807) is 0 Å². The molecule has 0 radical (unpaired) electrons. The highest BCUT2D eigenvalue weighted by molar-refractivity contribution is 5.76. The lowest BCUT2D eigenvalue weighted by Crippen LogP contribution is -2.33. The van der Waals surface area contributed by atoms with E-state index in [4.69, 9.17) is 10.8 Å². The molecule has 0 aromatic heterocycles. The van der Waals surface area contributed by atoms with Crippen molar-refractivity contribution in [2.24, 2.45) is 23.5 Å².